The summed E-state index contributed by atoms with van der Waals surface area (Å²) in [5.41, 5.74) is 1.57. The minimum absolute atomic E-state index is 0.595. The van der Waals surface area contributed by atoms with Crippen molar-refractivity contribution >= 4 is 6.29 Å². The lowest BCUT2D eigenvalue weighted by Crippen LogP contribution is -1.85. The lowest BCUT2D eigenvalue weighted by molar-refractivity contribution is 0.111. The van der Waals surface area contributed by atoms with Crippen molar-refractivity contribution in [3.8, 4) is 0 Å². The van der Waals surface area contributed by atoms with Gasteiger partial charge in [-0.2, -0.15) is 5.10 Å². The number of H-pyrrole nitrogens is 1. The summed E-state index contributed by atoms with van der Waals surface area (Å²) in [7, 11) is 0. The molecule has 0 spiro atoms. The Labute approximate surface area is 53.1 Å². The molecule has 0 atom stereocenters. The summed E-state index contributed by atoms with van der Waals surface area (Å²) < 4.78 is 0. The van der Waals surface area contributed by atoms with Crippen LogP contribution in [0.15, 0.2) is 6.20 Å². The molecule has 0 aromatic carbocycles. The van der Waals surface area contributed by atoms with Crippen LogP contribution in [-0.4, -0.2) is 16.5 Å². The van der Waals surface area contributed by atoms with E-state index in [4.69, 9.17) is 0 Å². The summed E-state index contributed by atoms with van der Waals surface area (Å²) in [6.07, 6.45) is 3.31. The molecule has 3 heteroatoms. The van der Waals surface area contributed by atoms with Crippen LogP contribution >= 0.6 is 0 Å². The highest BCUT2D eigenvalue weighted by molar-refractivity contribution is 5.73. The smallest absolute Gasteiger partial charge is 0.168 e. The molecule has 0 saturated heterocycles. The topological polar surface area (TPSA) is 45.8 Å². The van der Waals surface area contributed by atoms with E-state index in [9.17, 15) is 4.79 Å². The Balaban J connectivity index is 2.98. The number of hydrogen-bond acceptors (Lipinski definition) is 2. The molecule has 0 bridgehead atoms. The number of carbonyl (C=O) groups is 1. The molecule has 0 radical (unpaired) electrons. The molecule has 48 valence electrons. The molecule has 0 unspecified atom stereocenters. The zero-order chi connectivity index (χ0) is 6.69. The van der Waals surface area contributed by atoms with E-state index in [-0.39, 0.29) is 0 Å². The molecule has 1 heterocycles. The van der Waals surface area contributed by atoms with Crippen LogP contribution < -0.4 is 0 Å². The van der Waals surface area contributed by atoms with Crippen molar-refractivity contribution in [1.82, 2.24) is 10.2 Å². The van der Waals surface area contributed by atoms with Gasteiger partial charge in [-0.15, -0.1) is 0 Å². The first-order chi connectivity index (χ1) is 4.38. The van der Waals surface area contributed by atoms with Gasteiger partial charge in [0.25, 0.3) is 0 Å². The third-order valence-electron chi connectivity index (χ3n) is 1.25. The number of aryl methyl sites for hydroxylation is 1. The van der Waals surface area contributed by atoms with Crippen LogP contribution in [0.3, 0.4) is 0 Å². The second-order valence-electron chi connectivity index (χ2n) is 1.78. The Kier molecular flexibility index (Phi) is 1.63. The van der Waals surface area contributed by atoms with Crippen molar-refractivity contribution in [2.45, 2.75) is 13.3 Å². The standard InChI is InChI=1S/C6H8N2O/c1-2-5-3-7-8-6(5)4-9/h3-4H,2H2,1H3,(H,7,8). The Morgan fingerprint density at radius 3 is 3.11 bits per heavy atom. The maximum absolute atomic E-state index is 10.2. The third kappa shape index (κ3) is 0.988. The van der Waals surface area contributed by atoms with Gasteiger partial charge >= 0.3 is 0 Å². The fraction of sp³-hybridized carbons (Fsp3) is 0.333. The predicted molar refractivity (Wildman–Crippen MR) is 33.4 cm³/mol. The van der Waals surface area contributed by atoms with Crippen LogP contribution in [0.1, 0.15) is 23.0 Å². The van der Waals surface area contributed by atoms with Gasteiger partial charge in [-0.25, -0.2) is 0 Å². The number of carbonyl (C=O) groups excluding carboxylic acids is 1. The minimum atomic E-state index is 0.595. The summed E-state index contributed by atoms with van der Waals surface area (Å²) in [6.45, 7) is 1.98. The summed E-state index contributed by atoms with van der Waals surface area (Å²) in [4.78, 5) is 10.2. The van der Waals surface area contributed by atoms with E-state index in [0.717, 1.165) is 18.3 Å². The van der Waals surface area contributed by atoms with E-state index in [1.807, 2.05) is 6.92 Å². The van der Waals surface area contributed by atoms with Crippen molar-refractivity contribution in [2.24, 2.45) is 0 Å². The van der Waals surface area contributed by atoms with E-state index in [1.165, 1.54) is 0 Å². The minimum Gasteiger partial charge on any atom is -0.296 e. The van der Waals surface area contributed by atoms with Crippen molar-refractivity contribution in [1.29, 1.82) is 0 Å². The predicted octanol–water partition coefficient (Wildman–Crippen LogP) is 0.785. The van der Waals surface area contributed by atoms with Crippen LogP contribution in [0, 0.1) is 0 Å². The first-order valence-corrected chi connectivity index (χ1v) is 2.86. The largest absolute Gasteiger partial charge is 0.296 e. The van der Waals surface area contributed by atoms with Crippen LogP contribution in [0.2, 0.25) is 0 Å². The van der Waals surface area contributed by atoms with Gasteiger partial charge in [0, 0.05) is 5.56 Å². The summed E-state index contributed by atoms with van der Waals surface area (Å²) >= 11 is 0. The Morgan fingerprint density at radius 1 is 1.89 bits per heavy atom. The molecule has 0 amide bonds. The van der Waals surface area contributed by atoms with Gasteiger partial charge in [-0.3, -0.25) is 9.89 Å². The van der Waals surface area contributed by atoms with E-state index in [1.54, 1.807) is 6.20 Å². The van der Waals surface area contributed by atoms with Gasteiger partial charge in [0.15, 0.2) is 6.29 Å². The van der Waals surface area contributed by atoms with Crippen LogP contribution in [0.5, 0.6) is 0 Å². The normalized spacial score (nSPS) is 9.44. The van der Waals surface area contributed by atoms with Gasteiger partial charge in [0.1, 0.15) is 5.69 Å². The first-order valence-electron chi connectivity index (χ1n) is 2.86. The molecule has 0 aliphatic heterocycles. The molecule has 9 heavy (non-hydrogen) atoms. The number of nitrogens with zero attached hydrogens (tertiary/aromatic N) is 1. The number of hydrogen-bond donors (Lipinski definition) is 1. The Hall–Kier alpha value is -1.12. The molecular weight excluding hydrogens is 116 g/mol. The van der Waals surface area contributed by atoms with Gasteiger partial charge < -0.3 is 0 Å². The van der Waals surface area contributed by atoms with Crippen molar-refractivity contribution in [3.05, 3.63) is 17.5 Å². The lowest BCUT2D eigenvalue weighted by Gasteiger charge is -1.85. The van der Waals surface area contributed by atoms with Gasteiger partial charge in [-0.05, 0) is 6.42 Å². The van der Waals surface area contributed by atoms with Gasteiger partial charge in [-0.1, -0.05) is 6.92 Å². The monoisotopic (exact) mass is 124 g/mol. The molecule has 1 N–H and O–H groups in total. The van der Waals surface area contributed by atoms with E-state index in [0.29, 0.717) is 5.69 Å². The maximum atomic E-state index is 10.2. The highest BCUT2D eigenvalue weighted by Gasteiger charge is 1.98. The number of aromatic nitrogens is 2. The van der Waals surface area contributed by atoms with Gasteiger partial charge in [0.05, 0.1) is 6.20 Å². The number of aromatic amines is 1. The summed E-state index contributed by atoms with van der Waals surface area (Å²) in [5.74, 6) is 0. The molecule has 1 aromatic heterocycles. The van der Waals surface area contributed by atoms with Crippen molar-refractivity contribution in [3.63, 3.8) is 0 Å². The number of rotatable bonds is 2. The number of nitrogens with one attached hydrogen (secondary N) is 1. The van der Waals surface area contributed by atoms with Crippen molar-refractivity contribution < 1.29 is 4.79 Å². The van der Waals surface area contributed by atoms with Gasteiger partial charge in [0.2, 0.25) is 0 Å². The average Bonchev–Trinajstić information content (AvgIpc) is 2.33. The lowest BCUT2D eigenvalue weighted by atomic mass is 10.2. The quantitative estimate of drug-likeness (QED) is 0.592. The van der Waals surface area contributed by atoms with E-state index < -0.39 is 0 Å². The maximum Gasteiger partial charge on any atom is 0.168 e. The molecular formula is C6H8N2O. The Morgan fingerprint density at radius 2 is 2.67 bits per heavy atom. The summed E-state index contributed by atoms with van der Waals surface area (Å²) in [6, 6.07) is 0. The van der Waals surface area contributed by atoms with Crippen LogP contribution in [0.4, 0.5) is 0 Å². The number of aldehydes is 1. The first kappa shape index (κ1) is 6.01. The molecule has 1 rings (SSSR count). The Bertz CT molecular complexity index is 205. The SMILES string of the molecule is CCc1cn[nH]c1C=O. The van der Waals surface area contributed by atoms with E-state index in [2.05, 4.69) is 10.2 Å². The zero-order valence-corrected chi connectivity index (χ0v) is 5.22. The second-order valence-corrected chi connectivity index (χ2v) is 1.78. The molecule has 0 saturated carbocycles. The second kappa shape index (κ2) is 2.44. The fourth-order valence-electron chi connectivity index (χ4n) is 0.705. The van der Waals surface area contributed by atoms with Crippen LogP contribution in [-0.2, 0) is 6.42 Å². The molecule has 0 aliphatic carbocycles. The highest BCUT2D eigenvalue weighted by Crippen LogP contribution is 2.00. The van der Waals surface area contributed by atoms with Crippen molar-refractivity contribution in [2.75, 3.05) is 0 Å². The highest BCUT2D eigenvalue weighted by atomic mass is 16.1. The third-order valence-corrected chi connectivity index (χ3v) is 1.25. The zero-order valence-electron chi connectivity index (χ0n) is 5.22. The summed E-state index contributed by atoms with van der Waals surface area (Å²) in [5, 5.41) is 6.30. The average molecular weight is 124 g/mol. The van der Waals surface area contributed by atoms with E-state index >= 15 is 0 Å². The van der Waals surface area contributed by atoms with Crippen LogP contribution in [0.25, 0.3) is 0 Å². The molecule has 1 aromatic rings. The molecule has 3 nitrogen and oxygen atoms in total. The fourth-order valence-corrected chi connectivity index (χ4v) is 0.705. The molecule has 0 fully saturated rings. The molecule has 0 aliphatic rings.